The first-order valence-electron chi connectivity index (χ1n) is 8.18. The van der Waals surface area contributed by atoms with Gasteiger partial charge in [-0.1, -0.05) is 31.4 Å². The van der Waals surface area contributed by atoms with Gasteiger partial charge in [0.15, 0.2) is 24.7 Å². The molecular weight excluding hydrogens is 355 g/mol. The van der Waals surface area contributed by atoms with Gasteiger partial charge in [0.1, 0.15) is 5.54 Å². The lowest BCUT2D eigenvalue weighted by molar-refractivity contribution is -0.153. The van der Waals surface area contributed by atoms with Crippen molar-refractivity contribution in [3.05, 3.63) is 24.3 Å². The van der Waals surface area contributed by atoms with E-state index in [1.807, 2.05) is 0 Å². The number of alkyl halides is 3. The van der Waals surface area contributed by atoms with E-state index in [4.69, 9.17) is 4.74 Å². The minimum absolute atomic E-state index is 0.0279. The van der Waals surface area contributed by atoms with Crippen molar-refractivity contribution >= 4 is 11.9 Å². The second kappa shape index (κ2) is 8.29. The van der Waals surface area contributed by atoms with Crippen molar-refractivity contribution in [2.45, 2.75) is 43.8 Å². The summed E-state index contributed by atoms with van der Waals surface area (Å²) in [4.78, 5) is 23.6. The van der Waals surface area contributed by atoms with E-state index < -0.39 is 36.8 Å². The van der Waals surface area contributed by atoms with Crippen molar-refractivity contribution in [2.75, 3.05) is 13.2 Å². The average molecular weight is 375 g/mol. The molecule has 1 fully saturated rings. The number of halogens is 3. The molecule has 1 amide bonds. The summed E-state index contributed by atoms with van der Waals surface area (Å²) in [6.45, 7) is -2.01. The molecule has 1 aliphatic rings. The lowest BCUT2D eigenvalue weighted by atomic mass is 9.81. The van der Waals surface area contributed by atoms with Gasteiger partial charge in [-0.3, -0.25) is 4.79 Å². The van der Waals surface area contributed by atoms with Crippen molar-refractivity contribution in [2.24, 2.45) is 0 Å². The van der Waals surface area contributed by atoms with Crippen molar-refractivity contribution in [3.8, 4) is 11.5 Å². The number of hydrogen-bond acceptors (Lipinski definition) is 4. The van der Waals surface area contributed by atoms with E-state index in [-0.39, 0.29) is 11.5 Å². The van der Waals surface area contributed by atoms with Gasteiger partial charge in [0, 0.05) is 0 Å². The molecule has 0 spiro atoms. The lowest BCUT2D eigenvalue weighted by Crippen LogP contribution is -2.56. The number of para-hydroxylation sites is 2. The first-order chi connectivity index (χ1) is 12.2. The molecule has 0 bridgehead atoms. The van der Waals surface area contributed by atoms with Crippen LogP contribution in [0.25, 0.3) is 0 Å². The van der Waals surface area contributed by atoms with Gasteiger partial charge in [0.25, 0.3) is 5.91 Å². The fraction of sp³-hybridized carbons (Fsp3) is 0.529. The van der Waals surface area contributed by atoms with Gasteiger partial charge in [-0.2, -0.15) is 13.2 Å². The second-order valence-electron chi connectivity index (χ2n) is 6.14. The van der Waals surface area contributed by atoms with E-state index in [0.717, 1.165) is 6.42 Å². The quantitative estimate of drug-likeness (QED) is 0.766. The zero-order chi connectivity index (χ0) is 19.2. The molecule has 0 saturated heterocycles. The molecule has 0 aliphatic heterocycles. The highest BCUT2D eigenvalue weighted by atomic mass is 19.4. The Labute approximate surface area is 148 Å². The lowest BCUT2D eigenvalue weighted by Gasteiger charge is -2.33. The van der Waals surface area contributed by atoms with Gasteiger partial charge in [0.2, 0.25) is 0 Å². The zero-order valence-corrected chi connectivity index (χ0v) is 14.0. The summed E-state index contributed by atoms with van der Waals surface area (Å²) in [5, 5.41) is 11.9. The predicted molar refractivity (Wildman–Crippen MR) is 85.1 cm³/mol. The average Bonchev–Trinajstić information content (AvgIpc) is 2.59. The number of rotatable bonds is 7. The SMILES string of the molecule is O=C(COc1ccccc1OCC(F)(F)F)NC1(C(=O)O)CCCCC1. The maximum Gasteiger partial charge on any atom is 0.422 e. The van der Waals surface area contributed by atoms with Crippen LogP contribution in [0.15, 0.2) is 24.3 Å². The van der Waals surface area contributed by atoms with Crippen LogP contribution >= 0.6 is 0 Å². The number of benzene rings is 1. The highest BCUT2D eigenvalue weighted by molar-refractivity contribution is 5.87. The molecule has 1 aliphatic carbocycles. The number of aliphatic carboxylic acids is 1. The molecule has 0 unspecified atom stereocenters. The van der Waals surface area contributed by atoms with E-state index in [1.165, 1.54) is 24.3 Å². The van der Waals surface area contributed by atoms with Crippen LogP contribution < -0.4 is 14.8 Å². The van der Waals surface area contributed by atoms with E-state index in [1.54, 1.807) is 0 Å². The van der Waals surface area contributed by atoms with Crippen molar-refractivity contribution in [1.82, 2.24) is 5.32 Å². The summed E-state index contributed by atoms with van der Waals surface area (Å²) in [7, 11) is 0. The number of nitrogens with one attached hydrogen (secondary N) is 1. The summed E-state index contributed by atoms with van der Waals surface area (Å²) < 4.78 is 46.7. The van der Waals surface area contributed by atoms with Crippen LogP contribution in [0.3, 0.4) is 0 Å². The fourth-order valence-corrected chi connectivity index (χ4v) is 2.84. The van der Waals surface area contributed by atoms with Crippen LogP contribution in [0.1, 0.15) is 32.1 Å². The topological polar surface area (TPSA) is 84.9 Å². The minimum Gasteiger partial charge on any atom is -0.480 e. The molecular formula is C17H20F3NO5. The summed E-state index contributed by atoms with van der Waals surface area (Å²) in [6.07, 6.45) is -1.54. The largest absolute Gasteiger partial charge is 0.480 e. The number of carbonyl (C=O) groups is 2. The Hall–Kier alpha value is -2.45. The first kappa shape index (κ1) is 19.9. The Morgan fingerprint density at radius 1 is 1.08 bits per heavy atom. The highest BCUT2D eigenvalue weighted by Crippen LogP contribution is 2.30. The van der Waals surface area contributed by atoms with Crippen molar-refractivity contribution < 1.29 is 37.3 Å². The van der Waals surface area contributed by atoms with Crippen molar-refractivity contribution in [3.63, 3.8) is 0 Å². The Kier molecular flexibility index (Phi) is 6.33. The van der Waals surface area contributed by atoms with Gasteiger partial charge in [-0.25, -0.2) is 4.79 Å². The third-order valence-electron chi connectivity index (χ3n) is 4.09. The summed E-state index contributed by atoms with van der Waals surface area (Å²) in [5.41, 5.74) is -1.31. The van der Waals surface area contributed by atoms with E-state index in [9.17, 15) is 27.9 Å². The fourth-order valence-electron chi connectivity index (χ4n) is 2.84. The maximum absolute atomic E-state index is 12.3. The van der Waals surface area contributed by atoms with E-state index in [0.29, 0.717) is 25.7 Å². The number of amides is 1. The maximum atomic E-state index is 12.3. The molecule has 1 aromatic rings. The number of hydrogen-bond donors (Lipinski definition) is 2. The second-order valence-corrected chi connectivity index (χ2v) is 6.14. The van der Waals surface area contributed by atoms with Gasteiger partial charge in [0.05, 0.1) is 0 Å². The smallest absolute Gasteiger partial charge is 0.422 e. The Bertz CT molecular complexity index is 642. The Morgan fingerprint density at radius 2 is 1.65 bits per heavy atom. The van der Waals surface area contributed by atoms with Gasteiger partial charge in [-0.05, 0) is 25.0 Å². The van der Waals surface area contributed by atoms with Gasteiger partial charge < -0.3 is 19.9 Å². The molecule has 1 aromatic carbocycles. The van der Waals surface area contributed by atoms with Crippen LogP contribution in [-0.2, 0) is 9.59 Å². The number of carboxylic acids is 1. The normalized spacial score (nSPS) is 16.6. The minimum atomic E-state index is -4.50. The molecule has 0 atom stereocenters. The standard InChI is InChI=1S/C17H20F3NO5/c18-17(19,20)11-26-13-7-3-2-6-12(13)25-10-14(22)21-16(15(23)24)8-4-1-5-9-16/h2-3,6-7H,1,4-5,8-11H2,(H,21,22)(H,23,24). The summed E-state index contributed by atoms with van der Waals surface area (Å²) >= 11 is 0. The van der Waals surface area contributed by atoms with Crippen LogP contribution in [0.2, 0.25) is 0 Å². The zero-order valence-electron chi connectivity index (χ0n) is 14.0. The third-order valence-corrected chi connectivity index (χ3v) is 4.09. The number of ether oxygens (including phenoxy) is 2. The molecule has 9 heteroatoms. The molecule has 0 heterocycles. The highest BCUT2D eigenvalue weighted by Gasteiger charge is 2.41. The molecule has 0 radical (unpaired) electrons. The third kappa shape index (κ3) is 5.53. The van der Waals surface area contributed by atoms with Crippen LogP contribution in [0.4, 0.5) is 13.2 Å². The Morgan fingerprint density at radius 3 is 2.19 bits per heavy atom. The van der Waals surface area contributed by atoms with Crippen molar-refractivity contribution in [1.29, 1.82) is 0 Å². The van der Waals surface area contributed by atoms with Gasteiger partial charge in [-0.15, -0.1) is 0 Å². The number of carbonyl (C=O) groups excluding carboxylic acids is 1. The monoisotopic (exact) mass is 375 g/mol. The summed E-state index contributed by atoms with van der Waals surface area (Å²) in [5.74, 6) is -1.93. The van der Waals surface area contributed by atoms with Crippen LogP contribution in [-0.4, -0.2) is 41.9 Å². The summed E-state index contributed by atoms with van der Waals surface area (Å²) in [6, 6.07) is 5.65. The van der Waals surface area contributed by atoms with Gasteiger partial charge >= 0.3 is 12.1 Å². The number of carboxylic acid groups (broad SMARTS) is 1. The van der Waals surface area contributed by atoms with E-state index in [2.05, 4.69) is 10.1 Å². The molecule has 2 N–H and O–H groups in total. The molecule has 0 aromatic heterocycles. The molecule has 144 valence electrons. The molecule has 2 rings (SSSR count). The Balaban J connectivity index is 1.95. The first-order valence-corrected chi connectivity index (χ1v) is 8.18. The molecule has 1 saturated carbocycles. The van der Waals surface area contributed by atoms with Crippen LogP contribution in [0, 0.1) is 0 Å². The molecule has 26 heavy (non-hydrogen) atoms. The molecule has 6 nitrogen and oxygen atoms in total. The van der Waals surface area contributed by atoms with E-state index >= 15 is 0 Å². The van der Waals surface area contributed by atoms with Crippen LogP contribution in [0.5, 0.6) is 11.5 Å². The predicted octanol–water partition coefficient (Wildman–Crippen LogP) is 2.91.